The summed E-state index contributed by atoms with van der Waals surface area (Å²) in [7, 11) is 0. The van der Waals surface area contributed by atoms with E-state index in [1.165, 1.54) is 6.42 Å². The van der Waals surface area contributed by atoms with Gasteiger partial charge in [0.25, 0.3) is 0 Å². The fourth-order valence-electron chi connectivity index (χ4n) is 3.18. The molecule has 6 heteroatoms. The fraction of sp³-hybridized carbons (Fsp3) is 0.667. The van der Waals surface area contributed by atoms with Gasteiger partial charge in [-0.2, -0.15) is 0 Å². The van der Waals surface area contributed by atoms with E-state index >= 15 is 0 Å². The number of carbonyl (C=O) groups is 1. The van der Waals surface area contributed by atoms with Gasteiger partial charge in [-0.3, -0.25) is 9.78 Å². The van der Waals surface area contributed by atoms with Gasteiger partial charge in [-0.15, -0.1) is 0 Å². The van der Waals surface area contributed by atoms with E-state index in [9.17, 15) is 4.79 Å². The molecule has 1 unspecified atom stereocenters. The average molecular weight is 289 g/mol. The van der Waals surface area contributed by atoms with E-state index in [2.05, 4.69) is 20.2 Å². The molecule has 1 aromatic rings. The molecule has 0 aliphatic carbocycles. The largest absolute Gasteiger partial charge is 0.352 e. The fourth-order valence-corrected chi connectivity index (χ4v) is 3.18. The molecule has 114 valence electrons. The van der Waals surface area contributed by atoms with E-state index in [4.69, 9.17) is 0 Å². The average Bonchev–Trinajstić information content (AvgIpc) is 2.56. The zero-order valence-corrected chi connectivity index (χ0v) is 12.6. The number of nitrogens with zero attached hydrogens (tertiary/aromatic N) is 4. The minimum atomic E-state index is -0.368. The quantitative estimate of drug-likeness (QED) is 0.866. The predicted molar refractivity (Wildman–Crippen MR) is 81.1 cm³/mol. The van der Waals surface area contributed by atoms with Crippen LogP contribution in [0.25, 0.3) is 0 Å². The molecule has 0 radical (unpaired) electrons. The van der Waals surface area contributed by atoms with Crippen molar-refractivity contribution < 1.29 is 4.79 Å². The van der Waals surface area contributed by atoms with Gasteiger partial charge in [0.2, 0.25) is 5.91 Å². The number of hydrogen-bond acceptors (Lipinski definition) is 5. The van der Waals surface area contributed by atoms with E-state index in [-0.39, 0.29) is 11.4 Å². The minimum absolute atomic E-state index is 0.251. The Hall–Kier alpha value is -1.69. The monoisotopic (exact) mass is 289 g/mol. The van der Waals surface area contributed by atoms with Crippen LogP contribution in [-0.4, -0.2) is 59.0 Å². The third-order valence-corrected chi connectivity index (χ3v) is 4.53. The van der Waals surface area contributed by atoms with Crippen LogP contribution < -0.4 is 10.2 Å². The molecule has 3 rings (SSSR count). The van der Waals surface area contributed by atoms with E-state index in [0.29, 0.717) is 0 Å². The first-order valence-electron chi connectivity index (χ1n) is 7.74. The van der Waals surface area contributed by atoms with Gasteiger partial charge < -0.3 is 15.1 Å². The molecular formula is C15H23N5O. The number of carbonyl (C=O) groups excluding carboxylic acids is 1. The highest BCUT2D eigenvalue weighted by Crippen LogP contribution is 2.22. The van der Waals surface area contributed by atoms with Crippen LogP contribution in [0.15, 0.2) is 18.6 Å². The van der Waals surface area contributed by atoms with Gasteiger partial charge >= 0.3 is 0 Å². The Balaban J connectivity index is 1.59. The predicted octanol–water partition coefficient (Wildman–Crippen LogP) is 0.657. The number of nitrogens with one attached hydrogen (secondary N) is 1. The van der Waals surface area contributed by atoms with Crippen LogP contribution in [0, 0.1) is 0 Å². The highest BCUT2D eigenvalue weighted by molar-refractivity contribution is 5.86. The van der Waals surface area contributed by atoms with Crippen molar-refractivity contribution in [3.05, 3.63) is 18.6 Å². The topological polar surface area (TPSA) is 61.4 Å². The highest BCUT2D eigenvalue weighted by Gasteiger charge is 2.38. The van der Waals surface area contributed by atoms with Crippen molar-refractivity contribution >= 4 is 11.7 Å². The Morgan fingerprint density at radius 1 is 1.24 bits per heavy atom. The third-order valence-electron chi connectivity index (χ3n) is 4.53. The molecule has 0 bridgehead atoms. The molecule has 2 saturated heterocycles. The molecule has 1 N–H and O–H groups in total. The molecule has 2 aliphatic rings. The summed E-state index contributed by atoms with van der Waals surface area (Å²) in [6.07, 6.45) is 8.41. The van der Waals surface area contributed by atoms with Crippen LogP contribution >= 0.6 is 0 Å². The molecule has 1 aromatic heterocycles. The number of piperidine rings is 1. The van der Waals surface area contributed by atoms with Crippen LogP contribution in [0.4, 0.5) is 5.82 Å². The lowest BCUT2D eigenvalue weighted by molar-refractivity contribution is -0.139. The number of aromatic nitrogens is 2. The molecular weight excluding hydrogens is 266 g/mol. The molecule has 3 heterocycles. The van der Waals surface area contributed by atoms with Crippen molar-refractivity contribution in [1.29, 1.82) is 0 Å². The van der Waals surface area contributed by atoms with Crippen molar-refractivity contribution in [3.8, 4) is 0 Å². The van der Waals surface area contributed by atoms with E-state index < -0.39 is 0 Å². The van der Waals surface area contributed by atoms with E-state index in [1.54, 1.807) is 18.6 Å². The van der Waals surface area contributed by atoms with Crippen LogP contribution in [-0.2, 0) is 4.79 Å². The van der Waals surface area contributed by atoms with Crippen molar-refractivity contribution in [2.45, 2.75) is 31.7 Å². The molecule has 2 aliphatic heterocycles. The maximum Gasteiger partial charge on any atom is 0.242 e. The Morgan fingerprint density at radius 2 is 2.05 bits per heavy atom. The lowest BCUT2D eigenvalue weighted by Gasteiger charge is -2.41. The first-order valence-corrected chi connectivity index (χ1v) is 7.74. The van der Waals surface area contributed by atoms with Gasteiger partial charge in [0.1, 0.15) is 5.82 Å². The summed E-state index contributed by atoms with van der Waals surface area (Å²) >= 11 is 0. The minimum Gasteiger partial charge on any atom is -0.352 e. The maximum atomic E-state index is 12.7. The number of amides is 1. The summed E-state index contributed by atoms with van der Waals surface area (Å²) in [4.78, 5) is 25.3. The van der Waals surface area contributed by atoms with Crippen molar-refractivity contribution in [2.75, 3.05) is 37.6 Å². The Bertz CT molecular complexity index is 478. The van der Waals surface area contributed by atoms with Crippen molar-refractivity contribution in [3.63, 3.8) is 0 Å². The number of rotatable bonds is 2. The second-order valence-electron chi connectivity index (χ2n) is 6.06. The maximum absolute atomic E-state index is 12.7. The third kappa shape index (κ3) is 3.00. The highest BCUT2D eigenvalue weighted by atomic mass is 16.2. The van der Waals surface area contributed by atoms with Gasteiger partial charge in [0.05, 0.1) is 11.7 Å². The van der Waals surface area contributed by atoms with E-state index in [1.807, 2.05) is 11.8 Å². The lowest BCUT2D eigenvalue weighted by atomic mass is 9.89. The van der Waals surface area contributed by atoms with Gasteiger partial charge in [0.15, 0.2) is 0 Å². The summed E-state index contributed by atoms with van der Waals surface area (Å²) in [5.41, 5.74) is -0.368. The molecule has 6 nitrogen and oxygen atoms in total. The second-order valence-corrected chi connectivity index (χ2v) is 6.06. The first-order chi connectivity index (χ1) is 10.2. The Labute approximate surface area is 125 Å². The zero-order chi connectivity index (χ0) is 14.7. The molecule has 1 atom stereocenters. The second kappa shape index (κ2) is 5.97. The van der Waals surface area contributed by atoms with Gasteiger partial charge in [-0.1, -0.05) is 0 Å². The first kappa shape index (κ1) is 14.3. The molecule has 0 spiro atoms. The molecule has 2 fully saturated rings. The summed E-state index contributed by atoms with van der Waals surface area (Å²) in [5, 5.41) is 3.41. The summed E-state index contributed by atoms with van der Waals surface area (Å²) in [6.45, 7) is 6.14. The summed E-state index contributed by atoms with van der Waals surface area (Å²) in [6, 6.07) is 0. The van der Waals surface area contributed by atoms with Crippen molar-refractivity contribution in [2.24, 2.45) is 0 Å². The van der Waals surface area contributed by atoms with Crippen molar-refractivity contribution in [1.82, 2.24) is 20.2 Å². The van der Waals surface area contributed by atoms with Crippen LogP contribution in [0.1, 0.15) is 26.2 Å². The molecule has 1 amide bonds. The number of piperazine rings is 1. The Morgan fingerprint density at radius 3 is 2.67 bits per heavy atom. The van der Waals surface area contributed by atoms with Crippen LogP contribution in [0.2, 0.25) is 0 Å². The number of hydrogen-bond donors (Lipinski definition) is 1. The smallest absolute Gasteiger partial charge is 0.242 e. The number of anilines is 1. The lowest BCUT2D eigenvalue weighted by Crippen LogP contribution is -2.61. The standard InChI is InChI=1S/C15H23N5O/c1-15(4-2-3-5-18-15)14(21)20-10-8-19(9-11-20)13-12-16-6-7-17-13/h6-7,12,18H,2-5,8-11H2,1H3. The SMILES string of the molecule is CC1(C(=O)N2CCN(c3cnccn3)CC2)CCCCN1. The van der Waals surface area contributed by atoms with Gasteiger partial charge in [-0.05, 0) is 32.7 Å². The summed E-state index contributed by atoms with van der Waals surface area (Å²) < 4.78 is 0. The molecule has 0 saturated carbocycles. The molecule has 0 aromatic carbocycles. The van der Waals surface area contributed by atoms with Crippen LogP contribution in [0.3, 0.4) is 0 Å². The van der Waals surface area contributed by atoms with Gasteiger partial charge in [-0.25, -0.2) is 4.98 Å². The summed E-state index contributed by atoms with van der Waals surface area (Å²) in [5.74, 6) is 1.15. The normalized spacial score (nSPS) is 26.7. The Kier molecular flexibility index (Phi) is 4.05. The van der Waals surface area contributed by atoms with E-state index in [0.717, 1.165) is 51.4 Å². The zero-order valence-electron chi connectivity index (χ0n) is 12.6. The van der Waals surface area contributed by atoms with Gasteiger partial charge in [0, 0.05) is 38.6 Å². The molecule has 21 heavy (non-hydrogen) atoms. The van der Waals surface area contributed by atoms with Crippen LogP contribution in [0.5, 0.6) is 0 Å².